The molecule has 1 atom stereocenters. The van der Waals surface area contributed by atoms with Gasteiger partial charge in [-0.25, -0.2) is 0 Å². The Labute approximate surface area is 169 Å². The molecule has 7 heteroatoms. The van der Waals surface area contributed by atoms with Crippen LogP contribution in [0.2, 0.25) is 5.02 Å². The molecule has 28 heavy (non-hydrogen) atoms. The molecular formula is C21H22ClN3O3. The Hall–Kier alpha value is -2.70. The minimum Gasteiger partial charge on any atom is -0.469 e. The van der Waals surface area contributed by atoms with Crippen LogP contribution in [-0.4, -0.2) is 34.7 Å². The Kier molecular flexibility index (Phi) is 6.79. The molecule has 3 aromatic rings. The van der Waals surface area contributed by atoms with Crippen molar-refractivity contribution in [3.63, 3.8) is 0 Å². The number of carbonyl (C=O) groups excluding carboxylic acids is 1. The zero-order valence-electron chi connectivity index (χ0n) is 15.8. The monoisotopic (exact) mass is 399 g/mol. The summed E-state index contributed by atoms with van der Waals surface area (Å²) < 4.78 is 10.7. The first kappa shape index (κ1) is 20.0. The van der Waals surface area contributed by atoms with Gasteiger partial charge in [-0.15, -0.1) is 10.2 Å². The average Bonchev–Trinajstić information content (AvgIpc) is 3.17. The van der Waals surface area contributed by atoms with E-state index < -0.39 is 0 Å². The minimum absolute atomic E-state index is 0.245. The lowest BCUT2D eigenvalue weighted by molar-refractivity contribution is -0.145. The Morgan fingerprint density at radius 2 is 1.82 bits per heavy atom. The smallest absolute Gasteiger partial charge is 0.309 e. The standard InChI is InChI=1S/C21H22ClN3O3/c1-15(21(26)27-2)12-25(13-16-6-4-3-5-7-16)14-19-23-24-20(28-19)17-8-10-18(22)11-9-17/h3-11,15H,12-14H2,1-2H3. The second-order valence-corrected chi connectivity index (χ2v) is 7.02. The van der Waals surface area contributed by atoms with Crippen LogP contribution in [-0.2, 0) is 22.6 Å². The van der Waals surface area contributed by atoms with Gasteiger partial charge in [-0.1, -0.05) is 48.9 Å². The molecule has 0 aliphatic carbocycles. The highest BCUT2D eigenvalue weighted by atomic mass is 35.5. The molecule has 0 saturated heterocycles. The lowest BCUT2D eigenvalue weighted by atomic mass is 10.1. The first-order chi connectivity index (χ1) is 13.5. The molecule has 0 fully saturated rings. The fourth-order valence-electron chi connectivity index (χ4n) is 2.91. The predicted molar refractivity (Wildman–Crippen MR) is 106 cm³/mol. The second kappa shape index (κ2) is 9.48. The maximum atomic E-state index is 11.9. The van der Waals surface area contributed by atoms with Crippen molar-refractivity contribution in [1.82, 2.24) is 15.1 Å². The summed E-state index contributed by atoms with van der Waals surface area (Å²) in [4.78, 5) is 14.0. The van der Waals surface area contributed by atoms with Crippen molar-refractivity contribution in [3.8, 4) is 11.5 Å². The molecule has 0 radical (unpaired) electrons. The summed E-state index contributed by atoms with van der Waals surface area (Å²) in [5.41, 5.74) is 1.94. The van der Waals surface area contributed by atoms with E-state index in [1.54, 1.807) is 12.1 Å². The SMILES string of the molecule is COC(=O)C(C)CN(Cc1ccccc1)Cc1nnc(-c2ccc(Cl)cc2)o1. The number of aromatic nitrogens is 2. The number of benzene rings is 2. The highest BCUT2D eigenvalue weighted by molar-refractivity contribution is 6.30. The number of esters is 1. The van der Waals surface area contributed by atoms with E-state index in [1.165, 1.54) is 7.11 Å². The van der Waals surface area contributed by atoms with Crippen LogP contribution in [0.5, 0.6) is 0 Å². The van der Waals surface area contributed by atoms with Gasteiger partial charge < -0.3 is 9.15 Å². The van der Waals surface area contributed by atoms with Crippen molar-refractivity contribution in [2.24, 2.45) is 5.92 Å². The lowest BCUT2D eigenvalue weighted by Gasteiger charge is -2.23. The fraction of sp³-hybridized carbons (Fsp3) is 0.286. The highest BCUT2D eigenvalue weighted by Crippen LogP contribution is 2.21. The molecule has 0 saturated carbocycles. The number of nitrogens with zero attached hydrogens (tertiary/aromatic N) is 3. The molecule has 0 bridgehead atoms. The minimum atomic E-state index is -0.271. The molecule has 146 valence electrons. The maximum Gasteiger partial charge on any atom is 0.309 e. The number of halogens is 1. The lowest BCUT2D eigenvalue weighted by Crippen LogP contribution is -2.32. The number of hydrogen-bond acceptors (Lipinski definition) is 6. The third kappa shape index (κ3) is 5.41. The van der Waals surface area contributed by atoms with Gasteiger partial charge in [0, 0.05) is 23.7 Å². The van der Waals surface area contributed by atoms with Gasteiger partial charge in [-0.2, -0.15) is 0 Å². The average molecular weight is 400 g/mol. The first-order valence-electron chi connectivity index (χ1n) is 8.97. The van der Waals surface area contributed by atoms with Crippen LogP contribution < -0.4 is 0 Å². The number of methoxy groups -OCH3 is 1. The summed E-state index contributed by atoms with van der Waals surface area (Å²) >= 11 is 5.93. The van der Waals surface area contributed by atoms with Crippen molar-refractivity contribution in [3.05, 3.63) is 71.1 Å². The van der Waals surface area contributed by atoms with Crippen LogP contribution in [0.15, 0.2) is 59.0 Å². The molecule has 0 amide bonds. The molecule has 0 N–H and O–H groups in total. The van der Waals surface area contributed by atoms with Crippen LogP contribution in [0.25, 0.3) is 11.5 Å². The number of rotatable bonds is 8. The summed E-state index contributed by atoms with van der Waals surface area (Å²) in [6.45, 7) is 3.44. The van der Waals surface area contributed by atoms with Crippen molar-refractivity contribution < 1.29 is 13.9 Å². The van der Waals surface area contributed by atoms with Gasteiger partial charge in [0.1, 0.15) is 0 Å². The van der Waals surface area contributed by atoms with Crippen LogP contribution in [0.4, 0.5) is 0 Å². The van der Waals surface area contributed by atoms with Gasteiger partial charge >= 0.3 is 5.97 Å². The van der Waals surface area contributed by atoms with E-state index in [2.05, 4.69) is 15.1 Å². The molecular weight excluding hydrogens is 378 g/mol. The van der Waals surface area contributed by atoms with Crippen LogP contribution in [0.1, 0.15) is 18.4 Å². The topological polar surface area (TPSA) is 68.5 Å². The Balaban J connectivity index is 1.74. The van der Waals surface area contributed by atoms with Gasteiger partial charge in [-0.3, -0.25) is 9.69 Å². The van der Waals surface area contributed by atoms with E-state index in [4.69, 9.17) is 20.8 Å². The zero-order valence-corrected chi connectivity index (χ0v) is 16.6. The van der Waals surface area contributed by atoms with Gasteiger partial charge in [-0.05, 0) is 29.8 Å². The Bertz CT molecular complexity index is 897. The summed E-state index contributed by atoms with van der Waals surface area (Å²) in [5.74, 6) is 0.406. The quantitative estimate of drug-likeness (QED) is 0.529. The molecule has 1 heterocycles. The summed E-state index contributed by atoms with van der Waals surface area (Å²) in [6.07, 6.45) is 0. The molecule has 0 spiro atoms. The van der Waals surface area contributed by atoms with Crippen molar-refractivity contribution in [1.29, 1.82) is 0 Å². The zero-order chi connectivity index (χ0) is 19.9. The Morgan fingerprint density at radius 3 is 2.50 bits per heavy atom. The van der Waals surface area contributed by atoms with E-state index in [0.717, 1.165) is 11.1 Å². The predicted octanol–water partition coefficient (Wildman–Crippen LogP) is 4.20. The number of ether oxygens (including phenoxy) is 1. The molecule has 0 aliphatic heterocycles. The third-order valence-corrected chi connectivity index (χ3v) is 4.55. The summed E-state index contributed by atoms with van der Waals surface area (Å²) in [5, 5.41) is 8.94. The normalized spacial score (nSPS) is 12.1. The van der Waals surface area contributed by atoms with Gasteiger partial charge in [0.2, 0.25) is 11.8 Å². The van der Waals surface area contributed by atoms with Gasteiger partial charge in [0.05, 0.1) is 19.6 Å². The summed E-state index contributed by atoms with van der Waals surface area (Å²) in [6, 6.07) is 17.3. The van der Waals surface area contributed by atoms with E-state index >= 15 is 0 Å². The van der Waals surface area contributed by atoms with Gasteiger partial charge in [0.25, 0.3) is 0 Å². The van der Waals surface area contributed by atoms with Crippen LogP contribution in [0.3, 0.4) is 0 Å². The van der Waals surface area contributed by atoms with Crippen LogP contribution in [0, 0.1) is 5.92 Å². The Morgan fingerprint density at radius 1 is 1.11 bits per heavy atom. The molecule has 0 aliphatic rings. The van der Waals surface area contributed by atoms with Crippen molar-refractivity contribution >= 4 is 17.6 Å². The van der Waals surface area contributed by atoms with Crippen molar-refractivity contribution in [2.75, 3.05) is 13.7 Å². The summed E-state index contributed by atoms with van der Waals surface area (Å²) in [7, 11) is 1.40. The fourth-order valence-corrected chi connectivity index (χ4v) is 3.03. The second-order valence-electron chi connectivity index (χ2n) is 6.59. The molecule has 3 rings (SSSR count). The number of carbonyl (C=O) groups is 1. The number of hydrogen-bond donors (Lipinski definition) is 0. The maximum absolute atomic E-state index is 11.9. The van der Waals surface area contributed by atoms with Crippen LogP contribution >= 0.6 is 11.6 Å². The highest BCUT2D eigenvalue weighted by Gasteiger charge is 2.20. The third-order valence-electron chi connectivity index (χ3n) is 4.30. The molecule has 1 unspecified atom stereocenters. The first-order valence-corrected chi connectivity index (χ1v) is 9.35. The van der Waals surface area contributed by atoms with E-state index in [-0.39, 0.29) is 11.9 Å². The van der Waals surface area contributed by atoms with E-state index in [0.29, 0.717) is 36.4 Å². The molecule has 1 aromatic heterocycles. The van der Waals surface area contributed by atoms with Gasteiger partial charge in [0.15, 0.2) is 0 Å². The molecule has 2 aromatic carbocycles. The largest absolute Gasteiger partial charge is 0.469 e. The van der Waals surface area contributed by atoms with E-state index in [1.807, 2.05) is 49.4 Å². The van der Waals surface area contributed by atoms with Crippen molar-refractivity contribution in [2.45, 2.75) is 20.0 Å². The molecule has 6 nitrogen and oxygen atoms in total. The van der Waals surface area contributed by atoms with E-state index in [9.17, 15) is 4.79 Å².